The summed E-state index contributed by atoms with van der Waals surface area (Å²) >= 11 is 6.15. The van der Waals surface area contributed by atoms with Crippen LogP contribution in [0.25, 0.3) is 10.6 Å². The molecule has 2 heterocycles. The first-order chi connectivity index (χ1) is 7.72. The zero-order chi connectivity index (χ0) is 11.5. The number of esters is 1. The third kappa shape index (κ3) is 2.34. The van der Waals surface area contributed by atoms with Crippen LogP contribution < -0.4 is 0 Å². The predicted octanol–water partition coefficient (Wildman–Crippen LogP) is 3.81. The molecule has 0 aliphatic rings. The molecule has 0 aliphatic heterocycles. The largest absolute Gasteiger partial charge is 0.462 e. The number of hydrogen-bond donors (Lipinski definition) is 0. The molecule has 0 atom stereocenters. The molecule has 0 spiro atoms. The van der Waals surface area contributed by atoms with Crippen molar-refractivity contribution in [3.8, 4) is 10.6 Å². The van der Waals surface area contributed by atoms with Crippen LogP contribution in [0.4, 0.5) is 0 Å². The fraction of sp³-hybridized carbons (Fsp3) is 0.200. The molecule has 2 rings (SSSR count). The summed E-state index contributed by atoms with van der Waals surface area (Å²) in [6, 6.07) is 3.87. The van der Waals surface area contributed by atoms with Crippen LogP contribution in [0, 0.1) is 0 Å². The van der Waals surface area contributed by atoms with Crippen LogP contribution in [0.5, 0.6) is 0 Å². The first-order valence-electron chi connectivity index (χ1n) is 4.59. The first kappa shape index (κ1) is 11.8. The van der Waals surface area contributed by atoms with E-state index in [1.54, 1.807) is 18.3 Å². The first-order valence-corrected chi connectivity index (χ1v) is 7.08. The molecular weight excluding hydrogens is 310 g/mol. The van der Waals surface area contributed by atoms with Gasteiger partial charge in [0.1, 0.15) is 10.6 Å². The van der Waals surface area contributed by atoms with E-state index in [9.17, 15) is 4.79 Å². The van der Waals surface area contributed by atoms with Gasteiger partial charge in [-0.3, -0.25) is 0 Å². The summed E-state index contributed by atoms with van der Waals surface area (Å²) in [6.45, 7) is 2.16. The second-order valence-corrected chi connectivity index (χ2v) is 6.07. The number of carbonyl (C=O) groups is 1. The Morgan fingerprint density at radius 3 is 3.06 bits per heavy atom. The topological polar surface area (TPSA) is 39.2 Å². The minimum atomic E-state index is -0.311. The molecule has 2 aromatic rings. The van der Waals surface area contributed by atoms with Gasteiger partial charge in [0.05, 0.1) is 11.5 Å². The summed E-state index contributed by atoms with van der Waals surface area (Å²) in [4.78, 5) is 17.5. The Morgan fingerprint density at radius 1 is 1.62 bits per heavy atom. The highest BCUT2D eigenvalue weighted by molar-refractivity contribution is 9.11. The van der Waals surface area contributed by atoms with Crippen molar-refractivity contribution in [3.05, 3.63) is 26.3 Å². The van der Waals surface area contributed by atoms with Crippen molar-refractivity contribution in [1.82, 2.24) is 4.98 Å². The smallest absolute Gasteiger partial charge is 0.350 e. The van der Waals surface area contributed by atoms with Gasteiger partial charge < -0.3 is 4.74 Å². The van der Waals surface area contributed by atoms with Crippen LogP contribution in [0.3, 0.4) is 0 Å². The van der Waals surface area contributed by atoms with Crippen molar-refractivity contribution in [3.63, 3.8) is 0 Å². The average molecular weight is 318 g/mol. The number of ether oxygens (including phenoxy) is 1. The maximum absolute atomic E-state index is 11.7. The fourth-order valence-corrected chi connectivity index (χ4v) is 3.36. The summed E-state index contributed by atoms with van der Waals surface area (Å²) in [5.74, 6) is -0.311. The van der Waals surface area contributed by atoms with Gasteiger partial charge in [-0.05, 0) is 34.3 Å². The third-order valence-electron chi connectivity index (χ3n) is 1.82. The van der Waals surface area contributed by atoms with Crippen LogP contribution in [0.2, 0.25) is 0 Å². The van der Waals surface area contributed by atoms with E-state index in [0.29, 0.717) is 21.1 Å². The summed E-state index contributed by atoms with van der Waals surface area (Å²) in [5.41, 5.74) is 0.699. The van der Waals surface area contributed by atoms with Crippen LogP contribution in [-0.2, 0) is 4.74 Å². The van der Waals surface area contributed by atoms with E-state index in [0.717, 1.165) is 4.88 Å². The SMILES string of the molecule is CCOC(=O)c1sc(Br)nc1-c1cccs1. The molecule has 0 unspecified atom stereocenters. The molecule has 0 amide bonds. The summed E-state index contributed by atoms with van der Waals surface area (Å²) in [7, 11) is 0. The highest BCUT2D eigenvalue weighted by atomic mass is 79.9. The monoisotopic (exact) mass is 317 g/mol. The van der Waals surface area contributed by atoms with Crippen LogP contribution in [0.15, 0.2) is 21.4 Å². The summed E-state index contributed by atoms with van der Waals surface area (Å²) in [5, 5.41) is 1.96. The van der Waals surface area contributed by atoms with E-state index >= 15 is 0 Å². The Kier molecular flexibility index (Phi) is 3.73. The molecule has 0 N–H and O–H groups in total. The standard InChI is InChI=1S/C10H8BrNO2S2/c1-2-14-9(13)8-7(12-10(11)16-8)6-4-3-5-15-6/h3-5H,2H2,1H3. The van der Waals surface area contributed by atoms with E-state index in [-0.39, 0.29) is 5.97 Å². The van der Waals surface area contributed by atoms with Gasteiger partial charge in [-0.2, -0.15) is 0 Å². The number of thiophene rings is 1. The van der Waals surface area contributed by atoms with Crippen molar-refractivity contribution < 1.29 is 9.53 Å². The maximum Gasteiger partial charge on any atom is 0.350 e. The van der Waals surface area contributed by atoms with Gasteiger partial charge in [-0.25, -0.2) is 9.78 Å². The molecule has 0 radical (unpaired) electrons. The quantitative estimate of drug-likeness (QED) is 0.808. The Morgan fingerprint density at radius 2 is 2.44 bits per heavy atom. The Balaban J connectivity index is 2.42. The van der Waals surface area contributed by atoms with Gasteiger partial charge in [0.2, 0.25) is 0 Å². The van der Waals surface area contributed by atoms with Crippen LogP contribution in [-0.4, -0.2) is 17.6 Å². The number of rotatable bonds is 3. The molecule has 0 bridgehead atoms. The minimum absolute atomic E-state index is 0.311. The Bertz CT molecular complexity index is 493. The average Bonchev–Trinajstić information content (AvgIpc) is 2.85. The number of thiazole rings is 1. The molecule has 16 heavy (non-hydrogen) atoms. The normalized spacial score (nSPS) is 10.4. The van der Waals surface area contributed by atoms with Crippen molar-refractivity contribution in [1.29, 1.82) is 0 Å². The van der Waals surface area contributed by atoms with Crippen LogP contribution >= 0.6 is 38.6 Å². The van der Waals surface area contributed by atoms with Crippen molar-refractivity contribution in [2.45, 2.75) is 6.92 Å². The molecule has 2 aromatic heterocycles. The molecule has 84 valence electrons. The minimum Gasteiger partial charge on any atom is -0.462 e. The van der Waals surface area contributed by atoms with Crippen molar-refractivity contribution in [2.75, 3.05) is 6.61 Å². The summed E-state index contributed by atoms with van der Waals surface area (Å²) in [6.07, 6.45) is 0. The molecule has 0 saturated heterocycles. The number of hydrogen-bond acceptors (Lipinski definition) is 5. The van der Waals surface area contributed by atoms with Gasteiger partial charge in [0.15, 0.2) is 3.92 Å². The zero-order valence-electron chi connectivity index (χ0n) is 8.40. The van der Waals surface area contributed by atoms with Gasteiger partial charge in [-0.15, -0.1) is 11.3 Å². The summed E-state index contributed by atoms with van der Waals surface area (Å²) < 4.78 is 5.69. The molecule has 6 heteroatoms. The Labute approximate surface area is 109 Å². The zero-order valence-corrected chi connectivity index (χ0v) is 11.6. The van der Waals surface area contributed by atoms with Gasteiger partial charge in [0, 0.05) is 0 Å². The molecule has 0 aliphatic carbocycles. The lowest BCUT2D eigenvalue weighted by Crippen LogP contribution is -2.03. The van der Waals surface area contributed by atoms with Crippen LogP contribution in [0.1, 0.15) is 16.6 Å². The second kappa shape index (κ2) is 5.07. The van der Waals surface area contributed by atoms with E-state index in [2.05, 4.69) is 20.9 Å². The Hall–Kier alpha value is -0.720. The highest BCUT2D eigenvalue weighted by Gasteiger charge is 2.20. The number of nitrogens with zero attached hydrogens (tertiary/aromatic N) is 1. The third-order valence-corrected chi connectivity index (χ3v) is 4.18. The lowest BCUT2D eigenvalue weighted by molar-refractivity contribution is 0.0533. The number of carbonyl (C=O) groups excluding carboxylic acids is 1. The van der Waals surface area contributed by atoms with Crippen molar-refractivity contribution in [2.24, 2.45) is 0 Å². The molecule has 0 fully saturated rings. The van der Waals surface area contributed by atoms with Gasteiger partial charge >= 0.3 is 5.97 Å². The lowest BCUT2D eigenvalue weighted by atomic mass is 10.3. The number of halogens is 1. The van der Waals surface area contributed by atoms with E-state index < -0.39 is 0 Å². The highest BCUT2D eigenvalue weighted by Crippen LogP contribution is 2.33. The fourth-order valence-electron chi connectivity index (χ4n) is 1.21. The van der Waals surface area contributed by atoms with Crippen molar-refractivity contribution >= 4 is 44.6 Å². The van der Waals surface area contributed by atoms with Gasteiger partial charge in [-0.1, -0.05) is 17.4 Å². The lowest BCUT2D eigenvalue weighted by Gasteiger charge is -1.99. The van der Waals surface area contributed by atoms with E-state index in [4.69, 9.17) is 4.74 Å². The maximum atomic E-state index is 11.7. The molecule has 0 saturated carbocycles. The molecule has 3 nitrogen and oxygen atoms in total. The molecular formula is C10H8BrNO2S2. The van der Waals surface area contributed by atoms with Gasteiger partial charge in [0.25, 0.3) is 0 Å². The number of aromatic nitrogens is 1. The predicted molar refractivity (Wildman–Crippen MR) is 69.1 cm³/mol. The van der Waals surface area contributed by atoms with E-state index in [1.807, 2.05) is 17.5 Å². The van der Waals surface area contributed by atoms with E-state index in [1.165, 1.54) is 11.3 Å². The second-order valence-electron chi connectivity index (χ2n) is 2.84. The molecule has 0 aromatic carbocycles.